The van der Waals surface area contributed by atoms with Gasteiger partial charge in [-0.05, 0) is 43.8 Å². The van der Waals surface area contributed by atoms with Crippen LogP contribution < -0.4 is 16.4 Å². The summed E-state index contributed by atoms with van der Waals surface area (Å²) in [6, 6.07) is 11.7. The molecule has 1 unspecified atom stereocenters. The highest BCUT2D eigenvalue weighted by molar-refractivity contribution is 7.09. The average Bonchev–Trinajstić information content (AvgIpc) is 3.29. The molecule has 1 aromatic carbocycles. The van der Waals surface area contributed by atoms with E-state index in [0.717, 1.165) is 13.0 Å². The summed E-state index contributed by atoms with van der Waals surface area (Å²) >= 11 is 1.73. The maximum absolute atomic E-state index is 12.6. The molecule has 3 aromatic rings. The summed E-state index contributed by atoms with van der Waals surface area (Å²) in [5.41, 5.74) is -0.0353. The van der Waals surface area contributed by atoms with Crippen LogP contribution in [0.1, 0.15) is 32.1 Å². The van der Waals surface area contributed by atoms with Gasteiger partial charge in [0.05, 0.1) is 11.0 Å². The molecule has 8 heteroatoms. The van der Waals surface area contributed by atoms with Crippen molar-refractivity contribution in [2.45, 2.75) is 52.9 Å². The van der Waals surface area contributed by atoms with E-state index in [9.17, 15) is 14.4 Å². The fraction of sp³-hybridized carbons (Fsp3) is 0.435. The van der Waals surface area contributed by atoms with Crippen LogP contribution in [0.2, 0.25) is 0 Å². The molecule has 1 atom stereocenters. The molecule has 2 heterocycles. The summed E-state index contributed by atoms with van der Waals surface area (Å²) < 4.78 is 2.72. The number of carbonyl (C=O) groups is 1. The van der Waals surface area contributed by atoms with Crippen LogP contribution >= 0.6 is 11.3 Å². The first-order chi connectivity index (χ1) is 15.0. The van der Waals surface area contributed by atoms with Gasteiger partial charge >= 0.3 is 11.1 Å². The number of hydrogen-bond acceptors (Lipinski definition) is 5. The number of carbonyl (C=O) groups excluding carboxylic acids is 1. The second-order valence-electron chi connectivity index (χ2n) is 7.59. The summed E-state index contributed by atoms with van der Waals surface area (Å²) in [7, 11) is 0. The SMILES string of the molecule is CCC(C)N(CCNC(=O)Cn1c(=O)c(=O)n(CC)c2ccccc21)Cc1cccs1. The zero-order valence-electron chi connectivity index (χ0n) is 18.3. The smallest absolute Gasteiger partial charge is 0.317 e. The molecule has 0 radical (unpaired) electrons. The lowest BCUT2D eigenvalue weighted by Gasteiger charge is -2.28. The van der Waals surface area contributed by atoms with Crippen LogP contribution in [0, 0.1) is 0 Å². The first-order valence-electron chi connectivity index (χ1n) is 10.7. The number of aryl methyl sites for hydroxylation is 1. The fourth-order valence-corrected chi connectivity index (χ4v) is 4.43. The minimum atomic E-state index is -0.672. The molecule has 0 saturated carbocycles. The summed E-state index contributed by atoms with van der Waals surface area (Å²) in [6.45, 7) is 8.43. The molecule has 3 rings (SSSR count). The van der Waals surface area contributed by atoms with E-state index in [1.54, 1.807) is 29.5 Å². The van der Waals surface area contributed by atoms with Crippen LogP contribution in [0.4, 0.5) is 0 Å². The minimum Gasteiger partial charge on any atom is -0.353 e. The van der Waals surface area contributed by atoms with Crippen LogP contribution in [-0.2, 0) is 24.4 Å². The Labute approximate surface area is 185 Å². The quantitative estimate of drug-likeness (QED) is 0.490. The largest absolute Gasteiger partial charge is 0.353 e. The van der Waals surface area contributed by atoms with Crippen LogP contribution in [0.15, 0.2) is 51.4 Å². The molecule has 0 aliphatic heterocycles. The van der Waals surface area contributed by atoms with Crippen molar-refractivity contribution in [2.75, 3.05) is 13.1 Å². The number of nitrogens with zero attached hydrogens (tertiary/aromatic N) is 3. The summed E-state index contributed by atoms with van der Waals surface area (Å²) in [5, 5.41) is 4.98. The summed E-state index contributed by atoms with van der Waals surface area (Å²) in [5.74, 6) is -0.277. The van der Waals surface area contributed by atoms with E-state index in [0.29, 0.717) is 36.7 Å². The van der Waals surface area contributed by atoms with E-state index in [1.165, 1.54) is 14.0 Å². The number of nitrogens with one attached hydrogen (secondary N) is 1. The van der Waals surface area contributed by atoms with Crippen LogP contribution in [-0.4, -0.2) is 39.1 Å². The zero-order chi connectivity index (χ0) is 22.4. The molecular formula is C23H30N4O3S. The van der Waals surface area contributed by atoms with Crippen molar-refractivity contribution in [3.05, 3.63) is 67.4 Å². The van der Waals surface area contributed by atoms with Gasteiger partial charge in [-0.2, -0.15) is 0 Å². The van der Waals surface area contributed by atoms with Crippen LogP contribution in [0.25, 0.3) is 11.0 Å². The molecule has 166 valence electrons. The van der Waals surface area contributed by atoms with Crippen molar-refractivity contribution in [3.8, 4) is 0 Å². The number of benzene rings is 1. The van der Waals surface area contributed by atoms with Gasteiger partial charge in [0, 0.05) is 37.1 Å². The Morgan fingerprint density at radius 2 is 1.74 bits per heavy atom. The molecular weight excluding hydrogens is 412 g/mol. The fourth-order valence-electron chi connectivity index (χ4n) is 3.70. The van der Waals surface area contributed by atoms with Gasteiger partial charge in [-0.1, -0.05) is 25.1 Å². The van der Waals surface area contributed by atoms with Crippen molar-refractivity contribution in [3.63, 3.8) is 0 Å². The van der Waals surface area contributed by atoms with Gasteiger partial charge in [-0.25, -0.2) is 0 Å². The lowest BCUT2D eigenvalue weighted by molar-refractivity contribution is -0.121. The molecule has 1 N–H and O–H groups in total. The van der Waals surface area contributed by atoms with Gasteiger partial charge in [0.1, 0.15) is 6.54 Å². The maximum Gasteiger partial charge on any atom is 0.317 e. The first kappa shape index (κ1) is 23.0. The highest BCUT2D eigenvalue weighted by atomic mass is 32.1. The molecule has 0 aliphatic rings. The van der Waals surface area contributed by atoms with E-state index in [2.05, 4.69) is 35.5 Å². The highest BCUT2D eigenvalue weighted by Gasteiger charge is 2.16. The number of rotatable bonds is 10. The Kier molecular flexibility index (Phi) is 7.81. The Hall–Kier alpha value is -2.71. The monoisotopic (exact) mass is 442 g/mol. The Bertz CT molecular complexity index is 1130. The lowest BCUT2D eigenvalue weighted by atomic mass is 10.2. The second-order valence-corrected chi connectivity index (χ2v) is 8.62. The Morgan fingerprint density at radius 1 is 1.06 bits per heavy atom. The zero-order valence-corrected chi connectivity index (χ0v) is 19.2. The van der Waals surface area contributed by atoms with Crippen molar-refractivity contribution < 1.29 is 4.79 Å². The third kappa shape index (κ3) is 5.32. The van der Waals surface area contributed by atoms with E-state index in [1.807, 2.05) is 19.1 Å². The van der Waals surface area contributed by atoms with Crippen molar-refractivity contribution in [1.29, 1.82) is 0 Å². The number of hydrogen-bond donors (Lipinski definition) is 1. The van der Waals surface area contributed by atoms with Crippen molar-refractivity contribution in [1.82, 2.24) is 19.4 Å². The number of fused-ring (bicyclic) bond motifs is 1. The molecule has 7 nitrogen and oxygen atoms in total. The predicted molar refractivity (Wildman–Crippen MR) is 126 cm³/mol. The number of para-hydroxylation sites is 2. The van der Waals surface area contributed by atoms with Gasteiger partial charge in [0.25, 0.3) is 0 Å². The Morgan fingerprint density at radius 3 is 2.35 bits per heavy atom. The number of thiophene rings is 1. The summed E-state index contributed by atoms with van der Waals surface area (Å²) in [4.78, 5) is 41.4. The van der Waals surface area contributed by atoms with E-state index in [-0.39, 0.29) is 12.5 Å². The predicted octanol–water partition coefficient (Wildman–Crippen LogP) is 2.66. The van der Waals surface area contributed by atoms with Crippen LogP contribution in [0.3, 0.4) is 0 Å². The molecule has 31 heavy (non-hydrogen) atoms. The minimum absolute atomic E-state index is 0.173. The maximum atomic E-state index is 12.6. The highest BCUT2D eigenvalue weighted by Crippen LogP contribution is 2.15. The van der Waals surface area contributed by atoms with Crippen molar-refractivity contribution in [2.24, 2.45) is 0 Å². The van der Waals surface area contributed by atoms with E-state index < -0.39 is 11.1 Å². The van der Waals surface area contributed by atoms with Gasteiger partial charge in [0.2, 0.25) is 5.91 Å². The third-order valence-electron chi connectivity index (χ3n) is 5.63. The van der Waals surface area contributed by atoms with Gasteiger partial charge in [-0.3, -0.25) is 23.9 Å². The summed E-state index contributed by atoms with van der Waals surface area (Å²) in [6.07, 6.45) is 1.02. The molecule has 0 spiro atoms. The Balaban J connectivity index is 1.70. The molecule has 0 aliphatic carbocycles. The van der Waals surface area contributed by atoms with Crippen molar-refractivity contribution >= 4 is 28.3 Å². The standard InChI is InChI=1S/C23H30N4O3S/c1-4-17(3)25(15-18-9-8-14-31-18)13-12-24-21(28)16-27-20-11-7-6-10-19(20)26(5-2)22(29)23(27)30/h6-11,14,17H,4-5,12-13,15-16H2,1-3H3,(H,24,28). The first-order valence-corrected chi connectivity index (χ1v) is 11.6. The lowest BCUT2D eigenvalue weighted by Crippen LogP contribution is -2.44. The molecule has 0 fully saturated rings. The molecule has 0 saturated heterocycles. The van der Waals surface area contributed by atoms with Gasteiger partial charge in [-0.15, -0.1) is 11.3 Å². The number of amides is 1. The normalized spacial score (nSPS) is 12.4. The molecule has 0 bridgehead atoms. The van der Waals surface area contributed by atoms with E-state index >= 15 is 0 Å². The van der Waals surface area contributed by atoms with Gasteiger partial charge in [0.15, 0.2) is 0 Å². The molecule has 1 amide bonds. The second kappa shape index (κ2) is 10.5. The number of aromatic nitrogens is 2. The van der Waals surface area contributed by atoms with Crippen LogP contribution in [0.5, 0.6) is 0 Å². The van der Waals surface area contributed by atoms with Gasteiger partial charge < -0.3 is 9.88 Å². The van der Waals surface area contributed by atoms with E-state index in [4.69, 9.17) is 0 Å². The third-order valence-corrected chi connectivity index (χ3v) is 6.49. The topological polar surface area (TPSA) is 76.3 Å². The molecule has 2 aromatic heterocycles. The average molecular weight is 443 g/mol.